The van der Waals surface area contributed by atoms with Crippen molar-refractivity contribution in [1.82, 2.24) is 9.21 Å². The van der Waals surface area contributed by atoms with Gasteiger partial charge >= 0.3 is 6.09 Å². The molecule has 4 aromatic carbocycles. The number of amides is 1. The van der Waals surface area contributed by atoms with E-state index in [0.29, 0.717) is 26.1 Å². The highest BCUT2D eigenvalue weighted by Gasteiger charge is 2.51. The minimum Gasteiger partial charge on any atom is -0.497 e. The third-order valence-corrected chi connectivity index (χ3v) is 17.5. The van der Waals surface area contributed by atoms with Crippen LogP contribution in [0.4, 0.5) is 4.79 Å². The molecule has 0 radical (unpaired) electrons. The molecule has 0 aromatic heterocycles. The Bertz CT molecular complexity index is 2230. The molecule has 0 N–H and O–H groups in total. The van der Waals surface area contributed by atoms with Gasteiger partial charge in [0.25, 0.3) is 8.32 Å². The number of aryl methyl sites for hydroxylation is 1. The lowest BCUT2D eigenvalue weighted by atomic mass is 10.1. The van der Waals surface area contributed by atoms with Gasteiger partial charge in [0, 0.05) is 32.3 Å². The molecule has 1 atom stereocenters. The fraction of sp³-hybridized carbons (Fsp3) is 0.392. The summed E-state index contributed by atoms with van der Waals surface area (Å²) >= 11 is 0. The van der Waals surface area contributed by atoms with E-state index in [1.807, 2.05) is 101 Å². The Labute approximate surface area is 371 Å². The van der Waals surface area contributed by atoms with Crippen molar-refractivity contribution >= 4 is 34.8 Å². The molecule has 0 bridgehead atoms. The molecule has 0 saturated heterocycles. The standard InChI is InChI=1S/C51H64N2O7SSi/c1-41-26-32-46(33-27-41)61(55,56)52(34-20-12-10-9-11-13-21-35-58-39-42-28-30-45(57-8)31-29-42)37-43-36-44(53(38-43)49(54)60-50(2,3)4)40-59-62(51(5,6)7,47-22-16-14-17-23-47)48-24-18-15-19-25-48/h9,11,14-19,22-33,38,44H,13,20-21,34-37,39-40H2,1-8H3/b11-9+/t44-/m0/s1. The maximum atomic E-state index is 14.3. The smallest absolute Gasteiger partial charge is 0.414 e. The van der Waals surface area contributed by atoms with E-state index in [9.17, 15) is 13.2 Å². The predicted molar refractivity (Wildman–Crippen MR) is 251 cm³/mol. The molecule has 0 saturated carbocycles. The second kappa shape index (κ2) is 21.9. The fourth-order valence-electron chi connectivity index (χ4n) is 7.54. The third kappa shape index (κ3) is 13.0. The van der Waals surface area contributed by atoms with Gasteiger partial charge in [0.1, 0.15) is 11.4 Å². The van der Waals surface area contributed by atoms with E-state index < -0.39 is 36.1 Å². The van der Waals surface area contributed by atoms with Gasteiger partial charge in [-0.25, -0.2) is 13.2 Å². The maximum absolute atomic E-state index is 14.3. The Morgan fingerprint density at radius 3 is 2.10 bits per heavy atom. The summed E-state index contributed by atoms with van der Waals surface area (Å²) in [7, 11) is -5.23. The van der Waals surface area contributed by atoms with Crippen LogP contribution in [-0.2, 0) is 30.5 Å². The van der Waals surface area contributed by atoms with Gasteiger partial charge in [-0.1, -0.05) is 129 Å². The second-order valence-corrected chi connectivity index (χ2v) is 23.9. The molecule has 62 heavy (non-hydrogen) atoms. The molecular weight excluding hydrogens is 813 g/mol. The van der Waals surface area contributed by atoms with Crippen molar-refractivity contribution in [1.29, 1.82) is 0 Å². The molecule has 330 valence electrons. The zero-order valence-electron chi connectivity index (χ0n) is 37.7. The van der Waals surface area contributed by atoms with Gasteiger partial charge in [0.05, 0.1) is 31.3 Å². The number of rotatable bonds is 18. The Morgan fingerprint density at radius 1 is 0.887 bits per heavy atom. The molecule has 0 spiro atoms. The quantitative estimate of drug-likeness (QED) is 0.0559. The Hall–Kier alpha value is -4.96. The van der Waals surface area contributed by atoms with Crippen LogP contribution in [-0.4, -0.2) is 77.1 Å². The van der Waals surface area contributed by atoms with Gasteiger partial charge < -0.3 is 18.6 Å². The van der Waals surface area contributed by atoms with Crippen molar-refractivity contribution < 1.29 is 31.8 Å². The average molecular weight is 877 g/mol. The van der Waals surface area contributed by atoms with Gasteiger partial charge in [-0.05, 0) is 104 Å². The largest absolute Gasteiger partial charge is 0.497 e. The SMILES string of the molecule is COc1ccc(COCCC/C=C/C#CCCN(CC2=CN(C(=O)OC(C)(C)C)[C@H](CO[Si](c3ccccc3)(c3ccccc3)C(C)(C)C)C2)S(=O)(=O)c2ccc(C)cc2)cc1. The van der Waals surface area contributed by atoms with Crippen molar-refractivity contribution in [3.8, 4) is 17.6 Å². The van der Waals surface area contributed by atoms with E-state index in [-0.39, 0.29) is 29.6 Å². The van der Waals surface area contributed by atoms with E-state index >= 15 is 0 Å². The Morgan fingerprint density at radius 2 is 1.52 bits per heavy atom. The first-order chi connectivity index (χ1) is 29.5. The Kier molecular flexibility index (Phi) is 17.0. The number of unbranched alkanes of at least 4 members (excludes halogenated alkanes) is 1. The molecule has 1 amide bonds. The van der Waals surface area contributed by atoms with Crippen molar-refractivity contribution in [2.45, 2.75) is 102 Å². The number of hydrogen-bond acceptors (Lipinski definition) is 7. The molecule has 5 rings (SSSR count). The number of methoxy groups -OCH3 is 1. The summed E-state index contributed by atoms with van der Waals surface area (Å²) in [5.41, 5.74) is 2.10. The number of sulfonamides is 1. The van der Waals surface area contributed by atoms with Crippen LogP contribution in [0.2, 0.25) is 5.04 Å². The molecule has 0 unspecified atom stereocenters. The van der Waals surface area contributed by atoms with Crippen LogP contribution in [0.25, 0.3) is 0 Å². The van der Waals surface area contributed by atoms with Crippen LogP contribution in [0.5, 0.6) is 5.75 Å². The molecule has 0 fully saturated rings. The molecule has 0 aliphatic carbocycles. The number of benzene rings is 4. The number of nitrogens with zero attached hydrogens (tertiary/aromatic N) is 2. The van der Waals surface area contributed by atoms with Crippen molar-refractivity contribution in [2.24, 2.45) is 0 Å². The molecular formula is C51H64N2O7SSi. The molecule has 9 nitrogen and oxygen atoms in total. The molecule has 11 heteroatoms. The first kappa shape index (κ1) is 48.1. The maximum Gasteiger partial charge on any atom is 0.414 e. The van der Waals surface area contributed by atoms with Crippen molar-refractivity contribution in [3.05, 3.63) is 144 Å². The minimum atomic E-state index is -3.92. The normalized spacial score (nSPS) is 14.8. The topological polar surface area (TPSA) is 94.6 Å². The monoisotopic (exact) mass is 876 g/mol. The minimum absolute atomic E-state index is 0.0826. The second-order valence-electron chi connectivity index (χ2n) is 17.7. The fourth-order valence-corrected chi connectivity index (χ4v) is 13.6. The van der Waals surface area contributed by atoms with E-state index in [4.69, 9.17) is 18.6 Å². The summed E-state index contributed by atoms with van der Waals surface area (Å²) < 4.78 is 54.3. The summed E-state index contributed by atoms with van der Waals surface area (Å²) in [5.74, 6) is 7.05. The molecule has 1 aliphatic heterocycles. The number of carbonyl (C=O) groups excluding carboxylic acids is 1. The van der Waals surface area contributed by atoms with Gasteiger partial charge in [-0.3, -0.25) is 4.90 Å². The molecule has 4 aromatic rings. The van der Waals surface area contributed by atoms with Crippen LogP contribution < -0.4 is 15.1 Å². The highest BCUT2D eigenvalue weighted by molar-refractivity contribution is 7.89. The van der Waals surface area contributed by atoms with Crippen molar-refractivity contribution in [2.75, 3.05) is 33.4 Å². The predicted octanol–water partition coefficient (Wildman–Crippen LogP) is 9.41. The molecule has 1 heterocycles. The number of carbonyl (C=O) groups is 1. The van der Waals surface area contributed by atoms with Crippen LogP contribution in [0, 0.1) is 18.8 Å². The van der Waals surface area contributed by atoms with E-state index in [1.54, 1.807) is 42.5 Å². The van der Waals surface area contributed by atoms with Gasteiger partial charge in [-0.2, -0.15) is 4.31 Å². The number of hydrogen-bond donors (Lipinski definition) is 0. The van der Waals surface area contributed by atoms with Crippen LogP contribution in [0.3, 0.4) is 0 Å². The highest BCUT2D eigenvalue weighted by Crippen LogP contribution is 2.38. The number of ether oxygens (including phenoxy) is 3. The van der Waals surface area contributed by atoms with Gasteiger partial charge in [0.15, 0.2) is 0 Å². The van der Waals surface area contributed by atoms with Gasteiger partial charge in [0.2, 0.25) is 10.0 Å². The first-order valence-electron chi connectivity index (χ1n) is 21.4. The number of allylic oxidation sites excluding steroid dienone is 2. The summed E-state index contributed by atoms with van der Waals surface area (Å²) in [6.07, 6.45) is 7.49. The van der Waals surface area contributed by atoms with Crippen LogP contribution in [0.15, 0.2) is 138 Å². The van der Waals surface area contributed by atoms with E-state index in [2.05, 4.69) is 56.9 Å². The lowest BCUT2D eigenvalue weighted by Crippen LogP contribution is -2.67. The van der Waals surface area contributed by atoms with Crippen LogP contribution in [0.1, 0.15) is 78.4 Å². The molecule has 1 aliphatic rings. The van der Waals surface area contributed by atoms with E-state index in [1.165, 1.54) is 4.31 Å². The van der Waals surface area contributed by atoms with Gasteiger partial charge in [-0.15, -0.1) is 0 Å². The van der Waals surface area contributed by atoms with Crippen LogP contribution >= 0.6 is 0 Å². The Balaban J connectivity index is 1.32. The lowest BCUT2D eigenvalue weighted by Gasteiger charge is -2.44. The summed E-state index contributed by atoms with van der Waals surface area (Å²) in [6, 6.07) is 35.1. The van der Waals surface area contributed by atoms with E-state index in [0.717, 1.165) is 45.7 Å². The third-order valence-electron chi connectivity index (χ3n) is 10.6. The first-order valence-corrected chi connectivity index (χ1v) is 24.7. The summed E-state index contributed by atoms with van der Waals surface area (Å²) in [5, 5.41) is 1.99. The zero-order chi connectivity index (χ0) is 44.8. The average Bonchev–Trinajstić information content (AvgIpc) is 3.65. The highest BCUT2D eigenvalue weighted by atomic mass is 32.2. The lowest BCUT2D eigenvalue weighted by molar-refractivity contribution is 0.0248. The summed E-state index contributed by atoms with van der Waals surface area (Å²) in [6.45, 7) is 15.8. The zero-order valence-corrected chi connectivity index (χ0v) is 39.5. The van der Waals surface area contributed by atoms with Crippen molar-refractivity contribution in [3.63, 3.8) is 0 Å². The summed E-state index contributed by atoms with van der Waals surface area (Å²) in [4.78, 5) is 15.7.